The van der Waals surface area contributed by atoms with Crippen molar-refractivity contribution < 1.29 is 9.47 Å². The smallest absolute Gasteiger partial charge is 0.122 e. The van der Waals surface area contributed by atoms with Crippen molar-refractivity contribution in [3.8, 4) is 11.5 Å². The van der Waals surface area contributed by atoms with Crippen LogP contribution >= 0.6 is 0 Å². The molecule has 0 atom stereocenters. The van der Waals surface area contributed by atoms with E-state index in [9.17, 15) is 0 Å². The van der Waals surface area contributed by atoms with Crippen LogP contribution in [0.5, 0.6) is 11.5 Å². The van der Waals surface area contributed by atoms with Crippen LogP contribution in [-0.2, 0) is 0 Å². The van der Waals surface area contributed by atoms with Crippen molar-refractivity contribution in [1.29, 1.82) is 0 Å². The lowest BCUT2D eigenvalue weighted by atomic mass is 10.1. The highest BCUT2D eigenvalue weighted by Crippen LogP contribution is 2.31. The van der Waals surface area contributed by atoms with E-state index in [2.05, 4.69) is 64.1 Å². The summed E-state index contributed by atoms with van der Waals surface area (Å²) in [4.78, 5) is 0. The fraction of sp³-hybridized carbons (Fsp3) is 0.500. The molecule has 2 aliphatic rings. The molecule has 0 amide bonds. The van der Waals surface area contributed by atoms with Crippen molar-refractivity contribution in [3.63, 3.8) is 0 Å². The molecule has 26 heavy (non-hydrogen) atoms. The lowest BCUT2D eigenvalue weighted by Gasteiger charge is -2.08. The van der Waals surface area contributed by atoms with Crippen LogP contribution in [0.3, 0.4) is 0 Å². The minimum Gasteiger partial charge on any atom is -0.493 e. The summed E-state index contributed by atoms with van der Waals surface area (Å²) in [6.45, 7) is 10.2. The molecule has 140 valence electrons. The normalized spacial score (nSPS) is 15.8. The average Bonchev–Trinajstić information content (AvgIpc) is 3.52. The van der Waals surface area contributed by atoms with Crippen molar-refractivity contribution in [2.24, 2.45) is 11.8 Å². The number of hydrogen-bond donors (Lipinski definition) is 0. The molecule has 0 aromatic heterocycles. The van der Waals surface area contributed by atoms with Gasteiger partial charge in [0.05, 0.1) is 13.2 Å². The number of aryl methyl sites for hydroxylation is 4. The Morgan fingerprint density at radius 2 is 1.04 bits per heavy atom. The molecule has 2 aliphatic carbocycles. The van der Waals surface area contributed by atoms with Gasteiger partial charge >= 0.3 is 0 Å². The maximum atomic E-state index is 5.74. The first-order valence-electron chi connectivity index (χ1n) is 9.91. The Bertz CT molecular complexity index is 663. The van der Waals surface area contributed by atoms with E-state index in [0.717, 1.165) is 36.5 Å². The van der Waals surface area contributed by atoms with E-state index in [1.165, 1.54) is 47.9 Å². The highest BCUT2D eigenvalue weighted by molar-refractivity contribution is 5.36. The van der Waals surface area contributed by atoms with Crippen molar-refractivity contribution >= 4 is 0 Å². The van der Waals surface area contributed by atoms with Crippen LogP contribution in [0.15, 0.2) is 36.4 Å². The topological polar surface area (TPSA) is 18.5 Å². The maximum Gasteiger partial charge on any atom is 0.122 e. The molecule has 2 fully saturated rings. The quantitative estimate of drug-likeness (QED) is 0.617. The van der Waals surface area contributed by atoms with Gasteiger partial charge in [-0.05, 0) is 99.6 Å². The lowest BCUT2D eigenvalue weighted by Crippen LogP contribution is -2.00. The summed E-state index contributed by atoms with van der Waals surface area (Å²) in [6, 6.07) is 12.7. The second kappa shape index (κ2) is 8.62. The highest BCUT2D eigenvalue weighted by atomic mass is 16.5. The van der Waals surface area contributed by atoms with Crippen molar-refractivity contribution in [1.82, 2.24) is 0 Å². The van der Waals surface area contributed by atoms with E-state index in [0.29, 0.717) is 0 Å². The standard InChI is InChI=1S/2C12H16O/c2*1-9-3-4-10(2)12(7-9)13-8-11-5-6-11/h2*3-4,7,11H,5-6,8H2,1-2H3. The number of hydrogen-bond acceptors (Lipinski definition) is 2. The Balaban J connectivity index is 0.000000151. The van der Waals surface area contributed by atoms with Crippen molar-refractivity contribution in [2.45, 2.75) is 53.4 Å². The van der Waals surface area contributed by atoms with Gasteiger partial charge in [-0.25, -0.2) is 0 Å². The number of rotatable bonds is 6. The zero-order valence-electron chi connectivity index (χ0n) is 16.7. The largest absolute Gasteiger partial charge is 0.493 e. The second-order valence-corrected chi connectivity index (χ2v) is 8.05. The summed E-state index contributed by atoms with van der Waals surface area (Å²) in [5.41, 5.74) is 5.03. The van der Waals surface area contributed by atoms with E-state index in [-0.39, 0.29) is 0 Å². The highest BCUT2D eigenvalue weighted by Gasteiger charge is 2.22. The van der Waals surface area contributed by atoms with Crippen LogP contribution in [0.4, 0.5) is 0 Å². The third kappa shape index (κ3) is 6.09. The SMILES string of the molecule is Cc1ccc(C)c(OCC2CC2)c1.Cc1ccc(C)c(OCC2CC2)c1. The Labute approximate surface area is 158 Å². The van der Waals surface area contributed by atoms with Gasteiger partial charge in [0.2, 0.25) is 0 Å². The predicted octanol–water partition coefficient (Wildman–Crippen LogP) is 6.18. The summed E-state index contributed by atoms with van der Waals surface area (Å²) in [5, 5.41) is 0. The molecule has 2 nitrogen and oxygen atoms in total. The van der Waals surface area contributed by atoms with Gasteiger partial charge in [-0.3, -0.25) is 0 Å². The number of benzene rings is 2. The van der Waals surface area contributed by atoms with Crippen LogP contribution in [0.25, 0.3) is 0 Å². The van der Waals surface area contributed by atoms with E-state index < -0.39 is 0 Å². The van der Waals surface area contributed by atoms with Crippen LogP contribution in [0.1, 0.15) is 47.9 Å². The van der Waals surface area contributed by atoms with Gasteiger partial charge in [0.15, 0.2) is 0 Å². The second-order valence-electron chi connectivity index (χ2n) is 8.05. The van der Waals surface area contributed by atoms with Gasteiger partial charge in [0.25, 0.3) is 0 Å². The first-order valence-corrected chi connectivity index (χ1v) is 9.91. The fourth-order valence-electron chi connectivity index (χ4n) is 2.71. The molecular weight excluding hydrogens is 320 g/mol. The molecule has 2 aromatic rings. The zero-order valence-corrected chi connectivity index (χ0v) is 16.7. The molecule has 0 bridgehead atoms. The summed E-state index contributed by atoms with van der Waals surface area (Å²) < 4.78 is 11.5. The van der Waals surface area contributed by atoms with Crippen LogP contribution in [0.2, 0.25) is 0 Å². The molecule has 2 saturated carbocycles. The van der Waals surface area contributed by atoms with Gasteiger partial charge < -0.3 is 9.47 Å². The molecule has 2 aromatic carbocycles. The van der Waals surface area contributed by atoms with E-state index >= 15 is 0 Å². The van der Waals surface area contributed by atoms with E-state index in [4.69, 9.17) is 9.47 Å². The van der Waals surface area contributed by atoms with Gasteiger partial charge in [-0.2, -0.15) is 0 Å². The zero-order chi connectivity index (χ0) is 18.5. The monoisotopic (exact) mass is 352 g/mol. The first-order chi connectivity index (χ1) is 12.5. The van der Waals surface area contributed by atoms with Crippen LogP contribution in [-0.4, -0.2) is 13.2 Å². The molecule has 0 saturated heterocycles. The van der Waals surface area contributed by atoms with Crippen LogP contribution in [0, 0.1) is 39.5 Å². The summed E-state index contributed by atoms with van der Waals surface area (Å²) in [6.07, 6.45) is 5.41. The Morgan fingerprint density at radius 1 is 0.654 bits per heavy atom. The van der Waals surface area contributed by atoms with E-state index in [1.54, 1.807) is 0 Å². The van der Waals surface area contributed by atoms with Gasteiger partial charge in [-0.1, -0.05) is 24.3 Å². The van der Waals surface area contributed by atoms with Gasteiger partial charge in [-0.15, -0.1) is 0 Å². The van der Waals surface area contributed by atoms with Crippen LogP contribution < -0.4 is 9.47 Å². The molecular formula is C24H32O2. The average molecular weight is 353 g/mol. The predicted molar refractivity (Wildman–Crippen MR) is 108 cm³/mol. The van der Waals surface area contributed by atoms with Crippen molar-refractivity contribution in [2.75, 3.05) is 13.2 Å². The first kappa shape index (κ1) is 18.8. The molecule has 0 radical (unpaired) electrons. The molecule has 4 rings (SSSR count). The lowest BCUT2D eigenvalue weighted by molar-refractivity contribution is 0.297. The van der Waals surface area contributed by atoms with E-state index in [1.807, 2.05) is 0 Å². The summed E-state index contributed by atoms with van der Waals surface area (Å²) >= 11 is 0. The number of ether oxygens (including phenoxy) is 2. The summed E-state index contributed by atoms with van der Waals surface area (Å²) in [5.74, 6) is 3.79. The molecule has 0 aliphatic heterocycles. The minimum absolute atomic E-state index is 0.833. The molecule has 0 unspecified atom stereocenters. The third-order valence-corrected chi connectivity index (χ3v) is 5.03. The molecule has 0 heterocycles. The maximum absolute atomic E-state index is 5.74. The molecule has 0 N–H and O–H groups in total. The molecule has 2 heteroatoms. The third-order valence-electron chi connectivity index (χ3n) is 5.03. The minimum atomic E-state index is 0.833. The fourth-order valence-corrected chi connectivity index (χ4v) is 2.71. The van der Waals surface area contributed by atoms with Gasteiger partial charge in [0, 0.05) is 0 Å². The summed E-state index contributed by atoms with van der Waals surface area (Å²) in [7, 11) is 0. The van der Waals surface area contributed by atoms with Crippen molar-refractivity contribution in [3.05, 3.63) is 58.7 Å². The Hall–Kier alpha value is -1.96. The molecule has 0 spiro atoms. The van der Waals surface area contributed by atoms with Gasteiger partial charge in [0.1, 0.15) is 11.5 Å². The Morgan fingerprint density at radius 3 is 1.38 bits per heavy atom. The Kier molecular flexibility index (Phi) is 6.24.